The molecule has 3 aromatic rings. The molecule has 0 aliphatic rings. The predicted octanol–water partition coefficient (Wildman–Crippen LogP) is 2.72. The Hall–Kier alpha value is -4.12. The first-order valence-electron chi connectivity index (χ1n) is 9.59. The van der Waals surface area contributed by atoms with Crippen LogP contribution in [-0.4, -0.2) is 42.5 Å². The van der Waals surface area contributed by atoms with E-state index in [0.29, 0.717) is 29.8 Å². The number of ether oxygens (including phenoxy) is 2. The largest absolute Gasteiger partial charge is 0.497 e. The van der Waals surface area contributed by atoms with E-state index in [1.54, 1.807) is 30.5 Å². The predicted molar refractivity (Wildman–Crippen MR) is 113 cm³/mol. The molecule has 2 aromatic carbocycles. The van der Waals surface area contributed by atoms with E-state index < -0.39 is 18.5 Å². The average molecular weight is 419 g/mol. The zero-order valence-corrected chi connectivity index (χ0v) is 17.0. The molecule has 158 valence electrons. The molecule has 0 spiro atoms. The zero-order chi connectivity index (χ0) is 22.2. The number of nitrogens with zero attached hydrogens (tertiary/aromatic N) is 2. The lowest BCUT2D eigenvalue weighted by Gasteiger charge is -2.07. The van der Waals surface area contributed by atoms with Crippen LogP contribution in [0.5, 0.6) is 5.75 Å². The molecule has 1 N–H and O–H groups in total. The molecule has 1 aromatic heterocycles. The third-order valence-electron chi connectivity index (χ3n) is 4.66. The Morgan fingerprint density at radius 3 is 2.55 bits per heavy atom. The monoisotopic (exact) mass is 419 g/mol. The van der Waals surface area contributed by atoms with Crippen LogP contribution in [0.3, 0.4) is 0 Å². The Labute approximate surface area is 179 Å². The molecule has 8 heteroatoms. The number of carbonyl (C=O) groups excluding carboxylic acids is 3. The number of benzene rings is 2. The van der Waals surface area contributed by atoms with Gasteiger partial charge in [-0.15, -0.1) is 0 Å². The minimum atomic E-state index is -0.719. The highest BCUT2D eigenvalue weighted by molar-refractivity contribution is 6.09. The topological polar surface area (TPSA) is 110 Å². The number of para-hydroxylation sites is 1. The number of methoxy groups -OCH3 is 1. The number of esters is 1. The number of carbonyl (C=O) groups is 3. The van der Waals surface area contributed by atoms with E-state index in [1.165, 1.54) is 7.11 Å². The lowest BCUT2D eigenvalue weighted by atomic mass is 10.1. The number of nitriles is 1. The Morgan fingerprint density at radius 1 is 1.10 bits per heavy atom. The summed E-state index contributed by atoms with van der Waals surface area (Å²) in [6.07, 6.45) is 1.98. The summed E-state index contributed by atoms with van der Waals surface area (Å²) in [6.45, 7) is -0.340. The van der Waals surface area contributed by atoms with Crippen molar-refractivity contribution in [3.8, 4) is 11.8 Å². The van der Waals surface area contributed by atoms with Gasteiger partial charge >= 0.3 is 5.97 Å². The van der Waals surface area contributed by atoms with E-state index in [1.807, 2.05) is 28.8 Å². The number of rotatable bonds is 9. The summed E-state index contributed by atoms with van der Waals surface area (Å²) in [6, 6.07) is 15.8. The van der Waals surface area contributed by atoms with E-state index >= 15 is 0 Å². The highest BCUT2D eigenvalue weighted by Crippen LogP contribution is 2.22. The van der Waals surface area contributed by atoms with Crippen LogP contribution in [-0.2, 0) is 16.1 Å². The number of aryl methyl sites for hydroxylation is 1. The summed E-state index contributed by atoms with van der Waals surface area (Å²) in [7, 11) is 1.52. The third kappa shape index (κ3) is 5.28. The normalized spacial score (nSPS) is 10.3. The second-order valence-electron chi connectivity index (χ2n) is 6.66. The molecule has 8 nitrogen and oxygen atoms in total. The van der Waals surface area contributed by atoms with Crippen LogP contribution in [0.4, 0.5) is 0 Å². The van der Waals surface area contributed by atoms with Gasteiger partial charge in [0.25, 0.3) is 5.91 Å². The number of fused-ring (bicyclic) bond motifs is 1. The SMILES string of the molecule is COc1ccc(C(=O)NCC(=O)OCC(=O)c2cn(CCC#N)c3ccccc23)cc1. The molecule has 3 rings (SSSR count). The summed E-state index contributed by atoms with van der Waals surface area (Å²) in [5, 5.41) is 12.0. The van der Waals surface area contributed by atoms with Crippen LogP contribution in [0.15, 0.2) is 54.7 Å². The summed E-state index contributed by atoms with van der Waals surface area (Å²) >= 11 is 0. The van der Waals surface area contributed by atoms with E-state index in [9.17, 15) is 14.4 Å². The minimum absolute atomic E-state index is 0.315. The Kier molecular flexibility index (Phi) is 7.01. The maximum atomic E-state index is 12.6. The first-order chi connectivity index (χ1) is 15.0. The highest BCUT2D eigenvalue weighted by Gasteiger charge is 2.17. The molecule has 1 amide bonds. The first kappa shape index (κ1) is 21.6. The molecule has 0 aliphatic carbocycles. The van der Waals surface area contributed by atoms with Crippen molar-refractivity contribution in [3.63, 3.8) is 0 Å². The van der Waals surface area contributed by atoms with Crippen LogP contribution in [0.2, 0.25) is 0 Å². The molecule has 0 bridgehead atoms. The van der Waals surface area contributed by atoms with Gasteiger partial charge in [0.1, 0.15) is 12.3 Å². The molecule has 0 radical (unpaired) electrons. The smallest absolute Gasteiger partial charge is 0.325 e. The van der Waals surface area contributed by atoms with Crippen LogP contribution in [0, 0.1) is 11.3 Å². The molecule has 31 heavy (non-hydrogen) atoms. The van der Waals surface area contributed by atoms with Crippen molar-refractivity contribution in [1.82, 2.24) is 9.88 Å². The highest BCUT2D eigenvalue weighted by atomic mass is 16.5. The van der Waals surface area contributed by atoms with Gasteiger partial charge in [-0.05, 0) is 30.3 Å². The fourth-order valence-electron chi connectivity index (χ4n) is 3.10. The Bertz CT molecular complexity index is 1140. The van der Waals surface area contributed by atoms with Gasteiger partial charge in [0, 0.05) is 34.8 Å². The van der Waals surface area contributed by atoms with E-state index in [0.717, 1.165) is 10.9 Å². The van der Waals surface area contributed by atoms with Crippen LogP contribution in [0.1, 0.15) is 27.1 Å². The second-order valence-corrected chi connectivity index (χ2v) is 6.66. The van der Waals surface area contributed by atoms with Crippen molar-refractivity contribution in [3.05, 3.63) is 65.9 Å². The Balaban J connectivity index is 1.56. The van der Waals surface area contributed by atoms with E-state index in [4.69, 9.17) is 14.7 Å². The fraction of sp³-hybridized carbons (Fsp3) is 0.217. The van der Waals surface area contributed by atoms with Crippen LogP contribution in [0.25, 0.3) is 10.9 Å². The van der Waals surface area contributed by atoms with Gasteiger partial charge in [0.05, 0.1) is 19.6 Å². The molecule has 0 saturated heterocycles. The van der Waals surface area contributed by atoms with Crippen molar-refractivity contribution in [2.45, 2.75) is 13.0 Å². The fourth-order valence-corrected chi connectivity index (χ4v) is 3.10. The van der Waals surface area contributed by atoms with E-state index in [-0.39, 0.29) is 12.3 Å². The van der Waals surface area contributed by atoms with Crippen molar-refractivity contribution < 1.29 is 23.9 Å². The number of Topliss-reactive ketones (excluding diaryl/α,β-unsaturated/α-hetero) is 1. The number of hydrogen-bond donors (Lipinski definition) is 1. The van der Waals surface area contributed by atoms with Gasteiger partial charge in [0.2, 0.25) is 5.78 Å². The zero-order valence-electron chi connectivity index (χ0n) is 17.0. The summed E-state index contributed by atoms with van der Waals surface area (Å²) < 4.78 is 11.9. The van der Waals surface area contributed by atoms with Crippen LogP contribution >= 0.6 is 0 Å². The van der Waals surface area contributed by atoms with Gasteiger partial charge in [-0.2, -0.15) is 5.26 Å². The summed E-state index contributed by atoms with van der Waals surface area (Å²) in [5.74, 6) is -0.903. The molecule has 0 fully saturated rings. The van der Waals surface area contributed by atoms with Gasteiger partial charge in [-0.1, -0.05) is 18.2 Å². The number of nitrogens with one attached hydrogen (secondary N) is 1. The van der Waals surface area contributed by atoms with E-state index in [2.05, 4.69) is 11.4 Å². The quantitative estimate of drug-likeness (QED) is 0.422. The molecular formula is C23H21N3O5. The number of aromatic nitrogens is 1. The van der Waals surface area contributed by atoms with Crippen molar-refractivity contribution in [2.75, 3.05) is 20.3 Å². The van der Waals surface area contributed by atoms with Crippen molar-refractivity contribution >= 4 is 28.6 Å². The van der Waals surface area contributed by atoms with Crippen molar-refractivity contribution in [2.24, 2.45) is 0 Å². The molecule has 0 unspecified atom stereocenters. The first-order valence-corrected chi connectivity index (χ1v) is 9.59. The van der Waals surface area contributed by atoms with Gasteiger partial charge in [-0.25, -0.2) is 0 Å². The van der Waals surface area contributed by atoms with Gasteiger partial charge in [-0.3, -0.25) is 14.4 Å². The van der Waals surface area contributed by atoms with Gasteiger partial charge < -0.3 is 19.4 Å². The molecule has 0 saturated carbocycles. The molecule has 0 aliphatic heterocycles. The number of ketones is 1. The molecule has 0 atom stereocenters. The third-order valence-corrected chi connectivity index (χ3v) is 4.66. The summed E-state index contributed by atoms with van der Waals surface area (Å²) in [4.78, 5) is 36.7. The molecule has 1 heterocycles. The van der Waals surface area contributed by atoms with Gasteiger partial charge in [0.15, 0.2) is 6.61 Å². The van der Waals surface area contributed by atoms with Crippen LogP contribution < -0.4 is 10.1 Å². The maximum Gasteiger partial charge on any atom is 0.325 e. The van der Waals surface area contributed by atoms with Crippen molar-refractivity contribution in [1.29, 1.82) is 5.26 Å². The average Bonchev–Trinajstić information content (AvgIpc) is 3.18. The lowest BCUT2D eigenvalue weighted by Crippen LogP contribution is -2.31. The maximum absolute atomic E-state index is 12.6. The lowest BCUT2D eigenvalue weighted by molar-refractivity contribution is -0.141. The number of amides is 1. The standard InChI is InChI=1S/C23H21N3O5/c1-30-17-9-7-16(8-10-17)23(29)25-13-22(28)31-15-21(27)19-14-26(12-4-11-24)20-6-3-2-5-18(19)20/h2-3,5-10,14H,4,12-13,15H2,1H3,(H,25,29). The summed E-state index contributed by atoms with van der Waals surface area (Å²) in [5.41, 5.74) is 1.62. The molecular weight excluding hydrogens is 398 g/mol. The number of hydrogen-bond acceptors (Lipinski definition) is 6. The minimum Gasteiger partial charge on any atom is -0.497 e. The Morgan fingerprint density at radius 2 is 1.84 bits per heavy atom. The second kappa shape index (κ2) is 10.1.